The molecule has 0 radical (unpaired) electrons. The summed E-state index contributed by atoms with van der Waals surface area (Å²) < 4.78 is 5.80. The number of rotatable bonds is 11. The van der Waals surface area contributed by atoms with E-state index in [9.17, 15) is 0 Å². The van der Waals surface area contributed by atoms with Crippen LogP contribution in [0.1, 0.15) is 53.0 Å². The van der Waals surface area contributed by atoms with Crippen molar-refractivity contribution in [3.63, 3.8) is 0 Å². The quantitative estimate of drug-likeness (QED) is 0.228. The lowest BCUT2D eigenvalue weighted by molar-refractivity contribution is 0.148. The lowest BCUT2D eigenvalue weighted by Gasteiger charge is -2.42. The van der Waals surface area contributed by atoms with Crippen LogP contribution in [0.3, 0.4) is 0 Å². The van der Waals surface area contributed by atoms with Gasteiger partial charge in [-0.05, 0) is 50.5 Å². The second kappa shape index (κ2) is 11.1. The molecule has 0 spiro atoms. The van der Waals surface area contributed by atoms with Crippen molar-refractivity contribution < 1.29 is 4.74 Å². The molecule has 158 valence electrons. The van der Waals surface area contributed by atoms with Crippen molar-refractivity contribution >= 4 is 8.07 Å². The lowest BCUT2D eigenvalue weighted by Crippen LogP contribution is -2.50. The third-order valence-corrected chi connectivity index (χ3v) is 11.6. The first-order chi connectivity index (χ1) is 12.9. The van der Waals surface area contributed by atoms with Crippen molar-refractivity contribution in [2.45, 2.75) is 78.2 Å². The Hall–Kier alpha value is -1.16. The average Bonchev–Trinajstić information content (AvgIpc) is 2.58. The van der Waals surface area contributed by atoms with Crippen LogP contribution in [0.5, 0.6) is 0 Å². The Bertz CT molecular complexity index is 628. The predicted octanol–water partition coefficient (Wildman–Crippen LogP) is 6.85. The second-order valence-electron chi connectivity index (χ2n) is 10.0. The van der Waals surface area contributed by atoms with Gasteiger partial charge in [0.25, 0.3) is 0 Å². The molecule has 3 heteroatoms. The molecule has 0 aliphatic heterocycles. The average molecular weight is 402 g/mol. The van der Waals surface area contributed by atoms with Gasteiger partial charge in [-0.15, -0.1) is 0 Å². The Labute approximate surface area is 175 Å². The minimum atomic E-state index is -1.34. The number of ether oxygens (including phenoxy) is 1. The highest BCUT2D eigenvalue weighted by molar-refractivity contribution is 6.80. The Kier molecular flexibility index (Phi) is 9.89. The highest BCUT2D eigenvalue weighted by Gasteiger charge is 2.37. The zero-order valence-corrected chi connectivity index (χ0v) is 20.6. The molecule has 1 rings (SSSR count). The Morgan fingerprint density at radius 1 is 1.18 bits per heavy atom. The molecule has 1 aromatic rings. The summed E-state index contributed by atoms with van der Waals surface area (Å²) >= 11 is 0. The van der Waals surface area contributed by atoms with Crippen LogP contribution >= 0.6 is 0 Å². The third kappa shape index (κ3) is 8.46. The maximum atomic E-state index is 5.80. The summed E-state index contributed by atoms with van der Waals surface area (Å²) in [7, 11) is 0.939. The van der Waals surface area contributed by atoms with Gasteiger partial charge in [0.2, 0.25) is 0 Å². The summed E-state index contributed by atoms with van der Waals surface area (Å²) in [6.07, 6.45) is 5.65. The molecule has 0 aliphatic carbocycles. The van der Waals surface area contributed by atoms with Gasteiger partial charge in [0.1, 0.15) is 0 Å². The van der Waals surface area contributed by atoms with E-state index in [0.29, 0.717) is 24.3 Å². The second-order valence-corrected chi connectivity index (χ2v) is 15.6. The van der Waals surface area contributed by atoms with Crippen LogP contribution in [0.2, 0.25) is 18.1 Å². The Morgan fingerprint density at radius 2 is 1.79 bits per heavy atom. The van der Waals surface area contributed by atoms with Gasteiger partial charge in [-0.1, -0.05) is 88.0 Å². The van der Waals surface area contributed by atoms with Gasteiger partial charge in [-0.25, -0.2) is 0 Å². The Balaban J connectivity index is 2.51. The molecule has 0 aromatic heterocycles. The first-order valence-electron chi connectivity index (χ1n) is 10.6. The summed E-state index contributed by atoms with van der Waals surface area (Å²) in [5, 5.41) is 0.410. The molecule has 1 unspecified atom stereocenters. The molecule has 0 heterocycles. The van der Waals surface area contributed by atoms with Crippen LogP contribution < -0.4 is 0 Å². The standard InChI is InChI=1S/C25H43NOSi/c1-21(2)24(26(7)20-28(8,9)25(4,5)6)16-15-22(3)17-18-27-19-23-13-11-10-12-14-23/h10-14,17,24H,1,15-16,18-20H2,2-9H3/b22-17+. The van der Waals surface area contributed by atoms with Gasteiger partial charge in [-0.2, -0.15) is 0 Å². The SMILES string of the molecule is C=C(C)C(CC/C(C)=C/COCc1ccccc1)N(C)C[Si](C)(C)C(C)(C)C. The number of benzene rings is 1. The molecular weight excluding hydrogens is 358 g/mol. The first-order valence-corrected chi connectivity index (χ1v) is 13.8. The van der Waals surface area contributed by atoms with Gasteiger partial charge in [-0.3, -0.25) is 0 Å². The zero-order valence-electron chi connectivity index (χ0n) is 19.6. The monoisotopic (exact) mass is 401 g/mol. The summed E-state index contributed by atoms with van der Waals surface area (Å²) in [6.45, 7) is 22.2. The minimum absolute atomic E-state index is 0.410. The number of likely N-dealkylation sites (N-methyl/N-ethyl adjacent to an activating group) is 1. The molecule has 0 aliphatic rings. The number of hydrogen-bond acceptors (Lipinski definition) is 2. The summed E-state index contributed by atoms with van der Waals surface area (Å²) in [5.41, 5.74) is 3.90. The fourth-order valence-corrected chi connectivity index (χ4v) is 5.17. The van der Waals surface area contributed by atoms with E-state index in [2.05, 4.69) is 96.6 Å². The molecule has 0 saturated carbocycles. The molecular formula is C25H43NOSi. The predicted molar refractivity (Wildman–Crippen MR) is 128 cm³/mol. The molecule has 1 aromatic carbocycles. The topological polar surface area (TPSA) is 12.5 Å². The normalized spacial score (nSPS) is 14.4. The number of nitrogens with zero attached hydrogens (tertiary/aromatic N) is 1. The summed E-state index contributed by atoms with van der Waals surface area (Å²) in [6, 6.07) is 10.8. The highest BCUT2D eigenvalue weighted by atomic mass is 28.3. The minimum Gasteiger partial charge on any atom is -0.373 e. The molecule has 0 bridgehead atoms. The van der Waals surface area contributed by atoms with E-state index in [-0.39, 0.29) is 0 Å². The molecule has 0 N–H and O–H groups in total. The van der Waals surface area contributed by atoms with Crippen molar-refractivity contribution in [2.24, 2.45) is 0 Å². The Morgan fingerprint density at radius 3 is 2.32 bits per heavy atom. The summed E-state index contributed by atoms with van der Waals surface area (Å²) in [5.74, 6) is 0. The fraction of sp³-hybridized carbons (Fsp3) is 0.600. The molecule has 1 atom stereocenters. The van der Waals surface area contributed by atoms with Crippen molar-refractivity contribution in [3.8, 4) is 0 Å². The van der Waals surface area contributed by atoms with Crippen molar-refractivity contribution in [3.05, 3.63) is 59.7 Å². The number of hydrogen-bond donors (Lipinski definition) is 0. The largest absolute Gasteiger partial charge is 0.373 e. The lowest BCUT2D eigenvalue weighted by atomic mass is 10.0. The smallest absolute Gasteiger partial charge is 0.0721 e. The molecule has 28 heavy (non-hydrogen) atoms. The van der Waals surface area contributed by atoms with Gasteiger partial charge < -0.3 is 9.64 Å². The molecule has 0 fully saturated rings. The maximum Gasteiger partial charge on any atom is 0.0721 e. The van der Waals surface area contributed by atoms with Gasteiger partial charge in [0, 0.05) is 6.04 Å². The van der Waals surface area contributed by atoms with E-state index >= 15 is 0 Å². The van der Waals surface area contributed by atoms with E-state index in [4.69, 9.17) is 4.74 Å². The van der Waals surface area contributed by atoms with E-state index in [1.165, 1.54) is 22.9 Å². The summed E-state index contributed by atoms with van der Waals surface area (Å²) in [4.78, 5) is 2.55. The van der Waals surface area contributed by atoms with E-state index in [0.717, 1.165) is 12.8 Å². The first kappa shape index (κ1) is 24.9. The number of allylic oxidation sites excluding steroid dienone is 1. The van der Waals surface area contributed by atoms with Crippen LogP contribution in [0, 0.1) is 0 Å². The van der Waals surface area contributed by atoms with Crippen LogP contribution in [0.25, 0.3) is 0 Å². The third-order valence-electron chi connectivity index (χ3n) is 6.25. The van der Waals surface area contributed by atoms with Crippen LogP contribution in [-0.4, -0.2) is 38.8 Å². The van der Waals surface area contributed by atoms with E-state index < -0.39 is 8.07 Å². The fourth-order valence-electron chi connectivity index (χ4n) is 3.23. The zero-order chi connectivity index (χ0) is 21.4. The van der Waals surface area contributed by atoms with Crippen LogP contribution in [-0.2, 0) is 11.3 Å². The van der Waals surface area contributed by atoms with Crippen molar-refractivity contribution in [1.29, 1.82) is 0 Å². The van der Waals surface area contributed by atoms with E-state index in [1.54, 1.807) is 0 Å². The van der Waals surface area contributed by atoms with E-state index in [1.807, 2.05) is 6.07 Å². The van der Waals surface area contributed by atoms with Gasteiger partial charge in [0.15, 0.2) is 0 Å². The van der Waals surface area contributed by atoms with Gasteiger partial charge >= 0.3 is 0 Å². The van der Waals surface area contributed by atoms with Gasteiger partial charge in [0.05, 0.1) is 21.3 Å². The maximum absolute atomic E-state index is 5.80. The van der Waals surface area contributed by atoms with Crippen molar-refractivity contribution in [2.75, 3.05) is 19.8 Å². The van der Waals surface area contributed by atoms with Crippen LogP contribution in [0.15, 0.2) is 54.1 Å². The molecule has 0 saturated heterocycles. The highest BCUT2D eigenvalue weighted by Crippen LogP contribution is 2.36. The van der Waals surface area contributed by atoms with Crippen LogP contribution in [0.4, 0.5) is 0 Å². The van der Waals surface area contributed by atoms with Crippen molar-refractivity contribution in [1.82, 2.24) is 4.90 Å². The molecule has 2 nitrogen and oxygen atoms in total. The molecule has 0 amide bonds.